The van der Waals surface area contributed by atoms with Gasteiger partial charge < -0.3 is 10.1 Å². The van der Waals surface area contributed by atoms with Crippen LogP contribution in [0.25, 0.3) is 0 Å². The van der Waals surface area contributed by atoms with Gasteiger partial charge in [0.15, 0.2) is 0 Å². The van der Waals surface area contributed by atoms with Crippen molar-refractivity contribution in [1.82, 2.24) is 9.97 Å². The fourth-order valence-electron chi connectivity index (χ4n) is 1.72. The summed E-state index contributed by atoms with van der Waals surface area (Å²) in [5.74, 6) is 0.713. The fourth-order valence-corrected chi connectivity index (χ4v) is 1.72. The minimum atomic E-state index is 0.317. The van der Waals surface area contributed by atoms with Crippen LogP contribution in [0.5, 0.6) is 0 Å². The topological polar surface area (TPSA) is 47.0 Å². The van der Waals surface area contributed by atoms with Crippen molar-refractivity contribution < 1.29 is 4.74 Å². The van der Waals surface area contributed by atoms with Crippen LogP contribution in [0.15, 0.2) is 18.5 Å². The van der Waals surface area contributed by atoms with Gasteiger partial charge in [0.1, 0.15) is 0 Å². The van der Waals surface area contributed by atoms with Crippen molar-refractivity contribution in [2.24, 2.45) is 5.41 Å². The molecule has 0 saturated carbocycles. The molecule has 1 fully saturated rings. The van der Waals surface area contributed by atoms with Gasteiger partial charge in [0, 0.05) is 32.2 Å². The lowest BCUT2D eigenvalue weighted by Gasteiger charge is -2.33. The largest absolute Gasteiger partial charge is 0.381 e. The second kappa shape index (κ2) is 4.57. The fraction of sp³-hybridized carbons (Fsp3) is 0.636. The van der Waals surface area contributed by atoms with Crippen LogP contribution in [-0.4, -0.2) is 29.7 Å². The first-order valence-corrected chi connectivity index (χ1v) is 5.37. The first-order chi connectivity index (χ1) is 7.29. The van der Waals surface area contributed by atoms with E-state index in [2.05, 4.69) is 22.2 Å². The van der Waals surface area contributed by atoms with E-state index in [1.807, 2.05) is 6.07 Å². The summed E-state index contributed by atoms with van der Waals surface area (Å²) in [5.41, 5.74) is 0.317. The number of rotatable bonds is 3. The molecule has 1 aromatic heterocycles. The molecular weight excluding hydrogens is 190 g/mol. The Hall–Kier alpha value is -1.16. The lowest BCUT2D eigenvalue weighted by atomic mass is 9.82. The van der Waals surface area contributed by atoms with Crippen molar-refractivity contribution in [3.63, 3.8) is 0 Å². The predicted molar refractivity (Wildman–Crippen MR) is 58.7 cm³/mol. The molecule has 15 heavy (non-hydrogen) atoms. The molecule has 1 saturated heterocycles. The zero-order chi connectivity index (χ0) is 10.6. The molecule has 2 heterocycles. The maximum Gasteiger partial charge on any atom is 0.222 e. The highest BCUT2D eigenvalue weighted by Gasteiger charge is 2.27. The average Bonchev–Trinajstić information content (AvgIpc) is 2.29. The minimum absolute atomic E-state index is 0.317. The quantitative estimate of drug-likeness (QED) is 0.819. The van der Waals surface area contributed by atoms with Crippen LogP contribution in [0.3, 0.4) is 0 Å². The highest BCUT2D eigenvalue weighted by atomic mass is 16.5. The zero-order valence-electron chi connectivity index (χ0n) is 9.07. The van der Waals surface area contributed by atoms with E-state index >= 15 is 0 Å². The van der Waals surface area contributed by atoms with E-state index in [1.165, 1.54) is 0 Å². The second-order valence-electron chi connectivity index (χ2n) is 4.35. The summed E-state index contributed by atoms with van der Waals surface area (Å²) in [5, 5.41) is 3.28. The van der Waals surface area contributed by atoms with Crippen molar-refractivity contribution in [1.29, 1.82) is 0 Å². The van der Waals surface area contributed by atoms with E-state index in [4.69, 9.17) is 4.74 Å². The Morgan fingerprint density at radius 1 is 1.33 bits per heavy atom. The van der Waals surface area contributed by atoms with Gasteiger partial charge in [-0.15, -0.1) is 0 Å². The molecule has 4 heteroatoms. The van der Waals surface area contributed by atoms with Crippen LogP contribution in [0.1, 0.15) is 19.8 Å². The number of hydrogen-bond acceptors (Lipinski definition) is 4. The van der Waals surface area contributed by atoms with Crippen molar-refractivity contribution in [2.75, 3.05) is 25.1 Å². The molecule has 1 aliphatic heterocycles. The SMILES string of the molecule is CC1(CNc2ncccn2)CCOCC1. The molecule has 1 aromatic rings. The number of nitrogens with zero attached hydrogens (tertiary/aromatic N) is 2. The molecule has 0 amide bonds. The Bertz CT molecular complexity index is 296. The van der Waals surface area contributed by atoms with Crippen LogP contribution in [0, 0.1) is 5.41 Å². The first-order valence-electron chi connectivity index (χ1n) is 5.37. The molecule has 0 radical (unpaired) electrons. The van der Waals surface area contributed by atoms with Crippen molar-refractivity contribution in [2.45, 2.75) is 19.8 Å². The van der Waals surface area contributed by atoms with Gasteiger partial charge in [-0.25, -0.2) is 9.97 Å². The molecule has 0 atom stereocenters. The number of nitrogens with one attached hydrogen (secondary N) is 1. The molecule has 0 aromatic carbocycles. The number of hydrogen-bond donors (Lipinski definition) is 1. The lowest BCUT2D eigenvalue weighted by Crippen LogP contribution is -2.33. The predicted octanol–water partition coefficient (Wildman–Crippen LogP) is 1.71. The highest BCUT2D eigenvalue weighted by molar-refractivity contribution is 5.22. The van der Waals surface area contributed by atoms with Gasteiger partial charge in [-0.3, -0.25) is 0 Å². The normalized spacial score (nSPS) is 19.8. The molecule has 4 nitrogen and oxygen atoms in total. The summed E-state index contributed by atoms with van der Waals surface area (Å²) >= 11 is 0. The summed E-state index contributed by atoms with van der Waals surface area (Å²) in [6.45, 7) is 4.94. The number of ether oxygens (including phenoxy) is 1. The molecule has 1 aliphatic rings. The van der Waals surface area contributed by atoms with Crippen LogP contribution in [0.4, 0.5) is 5.95 Å². The lowest BCUT2D eigenvalue weighted by molar-refractivity contribution is 0.0299. The van der Waals surface area contributed by atoms with Gasteiger partial charge in [0.2, 0.25) is 5.95 Å². The summed E-state index contributed by atoms with van der Waals surface area (Å²) in [6, 6.07) is 1.82. The number of aromatic nitrogens is 2. The third kappa shape index (κ3) is 2.89. The van der Waals surface area contributed by atoms with Gasteiger partial charge in [-0.2, -0.15) is 0 Å². The van der Waals surface area contributed by atoms with Crippen molar-refractivity contribution >= 4 is 5.95 Å². The Kier molecular flexibility index (Phi) is 3.16. The monoisotopic (exact) mass is 207 g/mol. The molecule has 0 unspecified atom stereocenters. The van der Waals surface area contributed by atoms with Gasteiger partial charge in [-0.1, -0.05) is 6.92 Å². The molecule has 0 aliphatic carbocycles. The van der Waals surface area contributed by atoms with Gasteiger partial charge in [0.25, 0.3) is 0 Å². The van der Waals surface area contributed by atoms with E-state index in [1.54, 1.807) is 12.4 Å². The van der Waals surface area contributed by atoms with Crippen LogP contribution in [0.2, 0.25) is 0 Å². The second-order valence-corrected chi connectivity index (χ2v) is 4.35. The van der Waals surface area contributed by atoms with Crippen molar-refractivity contribution in [3.8, 4) is 0 Å². The van der Waals surface area contributed by atoms with Gasteiger partial charge in [0.05, 0.1) is 0 Å². The molecule has 0 bridgehead atoms. The molecule has 0 spiro atoms. The summed E-state index contributed by atoms with van der Waals surface area (Å²) in [7, 11) is 0. The van der Waals surface area contributed by atoms with Crippen LogP contribution < -0.4 is 5.32 Å². The smallest absolute Gasteiger partial charge is 0.222 e. The summed E-state index contributed by atoms with van der Waals surface area (Å²) in [6.07, 6.45) is 5.71. The van der Waals surface area contributed by atoms with E-state index in [9.17, 15) is 0 Å². The Morgan fingerprint density at radius 2 is 2.00 bits per heavy atom. The maximum absolute atomic E-state index is 5.36. The third-order valence-corrected chi connectivity index (χ3v) is 2.94. The Morgan fingerprint density at radius 3 is 2.67 bits per heavy atom. The van der Waals surface area contributed by atoms with Gasteiger partial charge >= 0.3 is 0 Å². The van der Waals surface area contributed by atoms with E-state index in [0.717, 1.165) is 32.6 Å². The Labute approximate surface area is 90.1 Å². The number of anilines is 1. The average molecular weight is 207 g/mol. The third-order valence-electron chi connectivity index (χ3n) is 2.94. The molecular formula is C11H17N3O. The Balaban J connectivity index is 1.87. The van der Waals surface area contributed by atoms with Crippen LogP contribution in [-0.2, 0) is 4.74 Å². The summed E-state index contributed by atoms with van der Waals surface area (Å²) in [4.78, 5) is 8.28. The minimum Gasteiger partial charge on any atom is -0.381 e. The first kappa shape index (κ1) is 10.4. The van der Waals surface area contributed by atoms with Crippen molar-refractivity contribution in [3.05, 3.63) is 18.5 Å². The standard InChI is InChI=1S/C11H17N3O/c1-11(3-7-15-8-4-11)9-14-10-12-5-2-6-13-10/h2,5-6H,3-4,7-9H2,1H3,(H,12,13,14). The molecule has 1 N–H and O–H groups in total. The zero-order valence-corrected chi connectivity index (χ0v) is 9.07. The maximum atomic E-state index is 5.36. The van der Waals surface area contributed by atoms with Crippen LogP contribution >= 0.6 is 0 Å². The summed E-state index contributed by atoms with van der Waals surface area (Å²) < 4.78 is 5.36. The van der Waals surface area contributed by atoms with E-state index in [-0.39, 0.29) is 0 Å². The molecule has 82 valence electrons. The molecule has 2 rings (SSSR count). The van der Waals surface area contributed by atoms with E-state index < -0.39 is 0 Å². The van der Waals surface area contributed by atoms with E-state index in [0.29, 0.717) is 11.4 Å². The van der Waals surface area contributed by atoms with Gasteiger partial charge in [-0.05, 0) is 24.3 Å². The highest BCUT2D eigenvalue weighted by Crippen LogP contribution is 2.29.